The summed E-state index contributed by atoms with van der Waals surface area (Å²) in [5, 5.41) is 17.7. The van der Waals surface area contributed by atoms with Gasteiger partial charge in [0.1, 0.15) is 5.75 Å². The monoisotopic (exact) mass is 598 g/mol. The van der Waals surface area contributed by atoms with Gasteiger partial charge in [0.2, 0.25) is 0 Å². The van der Waals surface area contributed by atoms with Crippen LogP contribution in [0.4, 0.5) is 0 Å². The topological polar surface area (TPSA) is 80.5 Å². The van der Waals surface area contributed by atoms with Crippen LogP contribution in [0.5, 0.6) is 5.75 Å². The number of Topliss-reactive ketones (excluding diaryl/α,β-unsaturated/α-hetero) is 1. The number of para-hydroxylation sites is 1. The van der Waals surface area contributed by atoms with Gasteiger partial charge in [-0.25, -0.2) is 0 Å². The van der Waals surface area contributed by atoms with Gasteiger partial charge in [-0.2, -0.15) is 0 Å². The number of rotatable bonds is 14. The third-order valence-electron chi connectivity index (χ3n) is 9.10. The van der Waals surface area contributed by atoms with Crippen LogP contribution in [0.1, 0.15) is 68.9 Å². The molecule has 1 aliphatic carbocycles. The van der Waals surface area contributed by atoms with Crippen LogP contribution >= 0.6 is 23.2 Å². The van der Waals surface area contributed by atoms with Crippen LogP contribution in [0.15, 0.2) is 42.5 Å². The predicted octanol–water partition coefficient (Wildman–Crippen LogP) is 7.23. The second-order valence-corrected chi connectivity index (χ2v) is 12.5. The Hall–Kier alpha value is -2.25. The standard InChI is InChI=1S/C33H44Cl2N4O2/c1-41-32-11-6-5-8-25(32)22-31(40)30(37)24-33(14-7-16-36,26-12-13-28(34)29(35)23-26)15-17-38-18-20-39(21-19-38)27-9-3-2-4-10-27/h5-6,8,11-13,16,23,27,36-37H,2-4,7,9-10,14-15,17-22,24H2,1H3/t33-/m0/s1. The van der Waals surface area contributed by atoms with Crippen molar-refractivity contribution in [1.82, 2.24) is 9.80 Å². The molecular formula is C33H44Cl2N4O2. The number of hydrogen-bond donors (Lipinski definition) is 2. The highest BCUT2D eigenvalue weighted by Crippen LogP contribution is 2.40. The second-order valence-electron chi connectivity index (χ2n) is 11.6. The Bertz CT molecular complexity index is 1190. The third kappa shape index (κ3) is 8.41. The summed E-state index contributed by atoms with van der Waals surface area (Å²) in [6.45, 7) is 5.12. The molecule has 2 aromatic carbocycles. The Morgan fingerprint density at radius 2 is 1.76 bits per heavy atom. The maximum absolute atomic E-state index is 13.4. The lowest BCUT2D eigenvalue weighted by atomic mass is 9.69. The Morgan fingerprint density at radius 3 is 2.44 bits per heavy atom. The number of carbonyl (C=O) groups is 1. The molecule has 1 heterocycles. The summed E-state index contributed by atoms with van der Waals surface area (Å²) in [7, 11) is 1.59. The molecule has 0 amide bonds. The van der Waals surface area contributed by atoms with Gasteiger partial charge in [0, 0.05) is 56.0 Å². The van der Waals surface area contributed by atoms with E-state index < -0.39 is 5.41 Å². The van der Waals surface area contributed by atoms with Crippen molar-refractivity contribution in [2.24, 2.45) is 0 Å². The zero-order valence-corrected chi connectivity index (χ0v) is 25.8. The Balaban J connectivity index is 1.52. The largest absolute Gasteiger partial charge is 0.496 e. The highest BCUT2D eigenvalue weighted by atomic mass is 35.5. The minimum atomic E-state index is -0.514. The summed E-state index contributed by atoms with van der Waals surface area (Å²) < 4.78 is 5.44. The Labute approximate surface area is 255 Å². The van der Waals surface area contributed by atoms with E-state index in [0.29, 0.717) is 28.6 Å². The molecule has 0 aromatic heterocycles. The molecule has 222 valence electrons. The van der Waals surface area contributed by atoms with Gasteiger partial charge >= 0.3 is 0 Å². The average molecular weight is 600 g/mol. The molecule has 2 N–H and O–H groups in total. The van der Waals surface area contributed by atoms with Crippen molar-refractivity contribution in [1.29, 1.82) is 10.8 Å². The molecule has 1 aliphatic heterocycles. The zero-order chi connectivity index (χ0) is 29.2. The van der Waals surface area contributed by atoms with Crippen LogP contribution < -0.4 is 4.74 Å². The predicted molar refractivity (Wildman–Crippen MR) is 170 cm³/mol. The van der Waals surface area contributed by atoms with Gasteiger partial charge in [0.25, 0.3) is 0 Å². The molecule has 2 aliphatic rings. The first-order valence-corrected chi connectivity index (χ1v) is 15.7. The number of carbonyl (C=O) groups excluding carboxylic acids is 1. The van der Waals surface area contributed by atoms with Gasteiger partial charge in [-0.1, -0.05) is 66.7 Å². The molecule has 8 heteroatoms. The molecule has 0 spiro atoms. The fourth-order valence-corrected chi connectivity index (χ4v) is 6.90. The smallest absolute Gasteiger partial charge is 0.180 e. The van der Waals surface area contributed by atoms with Gasteiger partial charge in [0.05, 0.1) is 22.9 Å². The number of ketones is 1. The molecular weight excluding hydrogens is 555 g/mol. The van der Waals surface area contributed by atoms with Gasteiger partial charge in [-0.05, 0) is 68.6 Å². The van der Waals surface area contributed by atoms with Gasteiger partial charge in [0.15, 0.2) is 5.78 Å². The fraction of sp³-hybridized carbons (Fsp3) is 0.545. The molecule has 6 nitrogen and oxygen atoms in total. The van der Waals surface area contributed by atoms with Crippen molar-refractivity contribution in [3.63, 3.8) is 0 Å². The average Bonchev–Trinajstić information content (AvgIpc) is 3.00. The molecule has 1 saturated carbocycles. The van der Waals surface area contributed by atoms with E-state index in [1.54, 1.807) is 7.11 Å². The van der Waals surface area contributed by atoms with Crippen molar-refractivity contribution < 1.29 is 9.53 Å². The molecule has 0 bridgehead atoms. The lowest BCUT2D eigenvalue weighted by Crippen LogP contribution is -2.51. The number of nitrogens with zero attached hydrogens (tertiary/aromatic N) is 2. The molecule has 2 fully saturated rings. The van der Waals surface area contributed by atoms with Crippen LogP contribution in [0.3, 0.4) is 0 Å². The van der Waals surface area contributed by atoms with Crippen LogP contribution in [-0.4, -0.2) is 73.4 Å². The Morgan fingerprint density at radius 1 is 1.02 bits per heavy atom. The van der Waals surface area contributed by atoms with Gasteiger partial charge in [-0.3, -0.25) is 9.69 Å². The SMILES string of the molecule is COc1ccccc1CC(=O)C(=N)C[C@](CCC=N)(CCN1CCN(C2CCCCC2)CC1)c1ccc(Cl)c(Cl)c1. The number of ether oxygens (including phenoxy) is 1. The molecule has 0 unspecified atom stereocenters. The van der Waals surface area contributed by atoms with Crippen molar-refractivity contribution in [3.8, 4) is 5.75 Å². The first-order valence-electron chi connectivity index (χ1n) is 15.0. The van der Waals surface area contributed by atoms with E-state index in [4.69, 9.17) is 38.8 Å². The normalized spacial score (nSPS) is 18.5. The van der Waals surface area contributed by atoms with Crippen LogP contribution in [-0.2, 0) is 16.6 Å². The van der Waals surface area contributed by atoms with Crippen molar-refractivity contribution in [2.75, 3.05) is 39.8 Å². The number of methoxy groups -OCH3 is 1. The molecule has 1 saturated heterocycles. The lowest BCUT2D eigenvalue weighted by Gasteiger charge is -2.42. The number of benzene rings is 2. The van der Waals surface area contributed by atoms with Crippen molar-refractivity contribution in [3.05, 3.63) is 63.6 Å². The molecule has 1 atom stereocenters. The lowest BCUT2D eigenvalue weighted by molar-refractivity contribution is -0.112. The summed E-state index contributed by atoms with van der Waals surface area (Å²) in [6.07, 6.45) is 10.6. The van der Waals surface area contributed by atoms with E-state index in [9.17, 15) is 4.79 Å². The number of piperazine rings is 1. The van der Waals surface area contributed by atoms with E-state index >= 15 is 0 Å². The highest BCUT2D eigenvalue weighted by Gasteiger charge is 2.36. The van der Waals surface area contributed by atoms with Crippen LogP contribution in [0.2, 0.25) is 10.0 Å². The fourth-order valence-electron chi connectivity index (χ4n) is 6.60. The summed E-state index contributed by atoms with van der Waals surface area (Å²) in [5.74, 6) is 0.440. The summed E-state index contributed by atoms with van der Waals surface area (Å²) in [4.78, 5) is 18.6. The minimum absolute atomic E-state index is 0.0917. The van der Waals surface area contributed by atoms with E-state index in [2.05, 4.69) is 9.80 Å². The quantitative estimate of drug-likeness (QED) is 0.225. The first-order chi connectivity index (χ1) is 19.8. The third-order valence-corrected chi connectivity index (χ3v) is 9.84. The summed E-state index contributed by atoms with van der Waals surface area (Å²) in [6, 6.07) is 13.9. The number of nitrogens with one attached hydrogen (secondary N) is 2. The maximum atomic E-state index is 13.4. The zero-order valence-electron chi connectivity index (χ0n) is 24.3. The van der Waals surface area contributed by atoms with Crippen molar-refractivity contribution >= 4 is 40.9 Å². The highest BCUT2D eigenvalue weighted by molar-refractivity contribution is 6.42. The maximum Gasteiger partial charge on any atom is 0.180 e. The molecule has 0 radical (unpaired) electrons. The van der Waals surface area contributed by atoms with E-state index in [-0.39, 0.29) is 24.3 Å². The Kier molecular flexibility index (Phi) is 11.8. The van der Waals surface area contributed by atoms with E-state index in [1.165, 1.54) is 38.3 Å². The van der Waals surface area contributed by atoms with Gasteiger partial charge < -0.3 is 20.5 Å². The summed E-state index contributed by atoms with van der Waals surface area (Å²) >= 11 is 12.8. The second kappa shape index (κ2) is 15.3. The molecule has 41 heavy (non-hydrogen) atoms. The van der Waals surface area contributed by atoms with Crippen LogP contribution in [0.25, 0.3) is 0 Å². The molecule has 4 rings (SSSR count). The first kappa shape index (κ1) is 31.7. The number of halogens is 2. The number of hydrogen-bond acceptors (Lipinski definition) is 6. The van der Waals surface area contributed by atoms with E-state index in [0.717, 1.165) is 56.3 Å². The van der Waals surface area contributed by atoms with E-state index in [1.807, 2.05) is 42.5 Å². The van der Waals surface area contributed by atoms with Crippen molar-refractivity contribution in [2.45, 2.75) is 75.7 Å². The summed E-state index contributed by atoms with van der Waals surface area (Å²) in [5.41, 5.74) is 1.33. The van der Waals surface area contributed by atoms with Crippen LogP contribution in [0, 0.1) is 10.8 Å². The molecule has 2 aromatic rings. The minimum Gasteiger partial charge on any atom is -0.496 e. The van der Waals surface area contributed by atoms with Gasteiger partial charge in [-0.15, -0.1) is 0 Å².